The Balaban J connectivity index is 1.61. The zero-order valence-corrected chi connectivity index (χ0v) is 10.7. The van der Waals surface area contributed by atoms with Crippen LogP contribution in [-0.2, 0) is 13.1 Å². The maximum absolute atomic E-state index is 4.63. The molecule has 1 aliphatic carbocycles. The predicted molar refractivity (Wildman–Crippen MR) is 68.0 cm³/mol. The average Bonchev–Trinajstić information content (AvgIpc) is 2.92. The summed E-state index contributed by atoms with van der Waals surface area (Å²) in [7, 11) is 0. The second-order valence-corrected chi connectivity index (χ2v) is 5.43. The van der Waals surface area contributed by atoms with E-state index in [4.69, 9.17) is 0 Å². The topological polar surface area (TPSA) is 42.7 Å². The maximum atomic E-state index is 4.63. The molecule has 2 aromatic heterocycles. The molecule has 4 nitrogen and oxygen atoms in total. The highest BCUT2D eigenvalue weighted by Crippen LogP contribution is 2.20. The van der Waals surface area contributed by atoms with Crippen molar-refractivity contribution in [1.29, 1.82) is 0 Å². The summed E-state index contributed by atoms with van der Waals surface area (Å²) in [6, 6.07) is 0.748. The third-order valence-electron chi connectivity index (χ3n) is 2.97. The summed E-state index contributed by atoms with van der Waals surface area (Å²) in [6.07, 6.45) is 6.48. The summed E-state index contributed by atoms with van der Waals surface area (Å²) in [6.45, 7) is 3.76. The number of aromatic nitrogens is 3. The first-order valence-corrected chi connectivity index (χ1v) is 6.83. The van der Waals surface area contributed by atoms with Crippen molar-refractivity contribution in [2.24, 2.45) is 0 Å². The van der Waals surface area contributed by atoms with Crippen molar-refractivity contribution in [1.82, 2.24) is 19.9 Å². The minimum absolute atomic E-state index is 0.748. The molecule has 1 fully saturated rings. The number of hydrogen-bond acceptors (Lipinski definition) is 4. The van der Waals surface area contributed by atoms with Gasteiger partial charge in [0.25, 0.3) is 0 Å². The summed E-state index contributed by atoms with van der Waals surface area (Å²) in [5.41, 5.74) is 1.13. The quantitative estimate of drug-likeness (QED) is 0.879. The first-order chi connectivity index (χ1) is 8.31. The molecular formula is C12H16N4S. The van der Waals surface area contributed by atoms with Gasteiger partial charge in [0.1, 0.15) is 10.8 Å². The monoisotopic (exact) mass is 248 g/mol. The number of nitrogens with one attached hydrogen (secondary N) is 1. The van der Waals surface area contributed by atoms with E-state index in [1.807, 2.05) is 19.3 Å². The molecule has 0 amide bonds. The Bertz CT molecular complexity index is 498. The molecule has 2 heterocycles. The minimum atomic E-state index is 0.748. The van der Waals surface area contributed by atoms with Crippen molar-refractivity contribution in [2.75, 3.05) is 0 Å². The van der Waals surface area contributed by atoms with E-state index in [2.05, 4.69) is 25.2 Å². The lowest BCUT2D eigenvalue weighted by Gasteiger charge is -2.01. The highest BCUT2D eigenvalue weighted by Gasteiger charge is 2.20. The van der Waals surface area contributed by atoms with Crippen molar-refractivity contribution in [3.63, 3.8) is 0 Å². The van der Waals surface area contributed by atoms with Crippen LogP contribution < -0.4 is 5.32 Å². The fourth-order valence-corrected chi connectivity index (χ4v) is 2.50. The summed E-state index contributed by atoms with van der Waals surface area (Å²) >= 11 is 1.74. The Morgan fingerprint density at radius 2 is 2.41 bits per heavy atom. The lowest BCUT2D eigenvalue weighted by Crippen LogP contribution is -2.15. The van der Waals surface area contributed by atoms with E-state index in [0.717, 1.165) is 30.6 Å². The zero-order valence-electron chi connectivity index (χ0n) is 9.89. The van der Waals surface area contributed by atoms with Gasteiger partial charge in [-0.15, -0.1) is 11.3 Å². The van der Waals surface area contributed by atoms with Crippen LogP contribution in [-0.4, -0.2) is 20.6 Å². The van der Waals surface area contributed by atoms with Crippen molar-refractivity contribution >= 4 is 11.3 Å². The molecule has 1 saturated carbocycles. The van der Waals surface area contributed by atoms with Gasteiger partial charge >= 0.3 is 0 Å². The van der Waals surface area contributed by atoms with E-state index in [9.17, 15) is 0 Å². The minimum Gasteiger partial charge on any atom is -0.329 e. The van der Waals surface area contributed by atoms with Gasteiger partial charge in [0.2, 0.25) is 0 Å². The average molecular weight is 248 g/mol. The van der Waals surface area contributed by atoms with Crippen LogP contribution in [0.2, 0.25) is 0 Å². The second-order valence-electron chi connectivity index (χ2n) is 4.49. The summed E-state index contributed by atoms with van der Waals surface area (Å²) in [5, 5.41) is 6.81. The number of hydrogen-bond donors (Lipinski definition) is 1. The molecule has 0 atom stereocenters. The standard InChI is InChI=1S/C12H16N4S/c1-9-13-4-5-16(9)7-11-8-17-12(15-11)6-14-10-2-3-10/h4-5,8,10,14H,2-3,6-7H2,1H3. The lowest BCUT2D eigenvalue weighted by atomic mass is 10.4. The molecule has 17 heavy (non-hydrogen) atoms. The van der Waals surface area contributed by atoms with Crippen LogP contribution in [0.4, 0.5) is 0 Å². The Hall–Kier alpha value is -1.20. The Labute approximate surface area is 105 Å². The predicted octanol–water partition coefficient (Wildman–Crippen LogP) is 1.95. The lowest BCUT2D eigenvalue weighted by molar-refractivity contribution is 0.677. The van der Waals surface area contributed by atoms with Crippen LogP contribution in [0.5, 0.6) is 0 Å². The molecule has 0 aromatic carbocycles. The van der Waals surface area contributed by atoms with Crippen molar-refractivity contribution in [2.45, 2.75) is 38.9 Å². The van der Waals surface area contributed by atoms with Crippen LogP contribution in [0.1, 0.15) is 29.4 Å². The largest absolute Gasteiger partial charge is 0.329 e. The van der Waals surface area contributed by atoms with E-state index in [-0.39, 0.29) is 0 Å². The summed E-state index contributed by atoms with van der Waals surface area (Å²) in [5.74, 6) is 1.04. The van der Waals surface area contributed by atoms with Gasteiger partial charge in [-0.3, -0.25) is 0 Å². The highest BCUT2D eigenvalue weighted by molar-refractivity contribution is 7.09. The molecule has 0 bridgehead atoms. The molecule has 0 spiro atoms. The van der Waals surface area contributed by atoms with Gasteiger partial charge in [0.05, 0.1) is 12.2 Å². The number of rotatable bonds is 5. The number of nitrogens with zero attached hydrogens (tertiary/aromatic N) is 3. The highest BCUT2D eigenvalue weighted by atomic mass is 32.1. The molecule has 90 valence electrons. The summed E-state index contributed by atoms with van der Waals surface area (Å²) in [4.78, 5) is 8.85. The molecule has 0 radical (unpaired) electrons. The van der Waals surface area contributed by atoms with E-state index in [1.54, 1.807) is 11.3 Å². The Morgan fingerprint density at radius 3 is 3.12 bits per heavy atom. The fourth-order valence-electron chi connectivity index (χ4n) is 1.77. The fraction of sp³-hybridized carbons (Fsp3) is 0.500. The second kappa shape index (κ2) is 4.58. The van der Waals surface area contributed by atoms with Gasteiger partial charge in [0.15, 0.2) is 0 Å². The van der Waals surface area contributed by atoms with E-state index in [0.29, 0.717) is 0 Å². The normalized spacial score (nSPS) is 15.4. The Morgan fingerprint density at radius 1 is 1.53 bits per heavy atom. The molecule has 1 N–H and O–H groups in total. The molecule has 1 aliphatic rings. The van der Waals surface area contributed by atoms with Crippen LogP contribution in [0, 0.1) is 6.92 Å². The maximum Gasteiger partial charge on any atom is 0.107 e. The summed E-state index contributed by atoms with van der Waals surface area (Å²) < 4.78 is 2.12. The SMILES string of the molecule is Cc1nccn1Cc1csc(CNC2CC2)n1. The number of aryl methyl sites for hydroxylation is 1. The third kappa shape index (κ3) is 2.73. The first-order valence-electron chi connectivity index (χ1n) is 5.95. The van der Waals surface area contributed by atoms with Crippen molar-refractivity contribution < 1.29 is 0 Å². The van der Waals surface area contributed by atoms with Crippen LogP contribution in [0.3, 0.4) is 0 Å². The molecule has 0 saturated heterocycles. The zero-order chi connectivity index (χ0) is 11.7. The molecular weight excluding hydrogens is 232 g/mol. The molecule has 3 rings (SSSR count). The molecule has 0 aliphatic heterocycles. The van der Waals surface area contributed by atoms with Crippen molar-refractivity contribution in [3.8, 4) is 0 Å². The van der Waals surface area contributed by atoms with Gasteiger partial charge in [0, 0.05) is 30.4 Å². The van der Waals surface area contributed by atoms with Crippen LogP contribution >= 0.6 is 11.3 Å². The van der Waals surface area contributed by atoms with E-state index >= 15 is 0 Å². The van der Waals surface area contributed by atoms with Gasteiger partial charge in [-0.25, -0.2) is 9.97 Å². The third-order valence-corrected chi connectivity index (χ3v) is 3.87. The van der Waals surface area contributed by atoms with Gasteiger partial charge in [-0.2, -0.15) is 0 Å². The first kappa shape index (κ1) is 10.9. The smallest absolute Gasteiger partial charge is 0.107 e. The van der Waals surface area contributed by atoms with Gasteiger partial charge < -0.3 is 9.88 Å². The van der Waals surface area contributed by atoms with Gasteiger partial charge in [-0.05, 0) is 19.8 Å². The molecule has 2 aromatic rings. The van der Waals surface area contributed by atoms with Crippen LogP contribution in [0.15, 0.2) is 17.8 Å². The number of thiazole rings is 1. The number of imidazole rings is 1. The van der Waals surface area contributed by atoms with Crippen molar-refractivity contribution in [3.05, 3.63) is 34.3 Å². The van der Waals surface area contributed by atoms with E-state index in [1.165, 1.54) is 17.8 Å². The van der Waals surface area contributed by atoms with Crippen LogP contribution in [0.25, 0.3) is 0 Å². The van der Waals surface area contributed by atoms with E-state index < -0.39 is 0 Å². The molecule has 5 heteroatoms. The molecule has 0 unspecified atom stereocenters. The Kier molecular flexibility index (Phi) is 2.94. The van der Waals surface area contributed by atoms with Gasteiger partial charge in [-0.1, -0.05) is 0 Å².